The van der Waals surface area contributed by atoms with Crippen LogP contribution in [0.25, 0.3) is 0 Å². The molecule has 0 aliphatic carbocycles. The maximum absolute atomic E-state index is 6.01. The summed E-state index contributed by atoms with van der Waals surface area (Å²) in [6.45, 7) is 10.4. The lowest BCUT2D eigenvalue weighted by Crippen LogP contribution is -2.52. The second kappa shape index (κ2) is 5.48. The molecule has 2 fully saturated rings. The average Bonchev–Trinajstić information content (AvgIpc) is 2.18. The van der Waals surface area contributed by atoms with Crippen molar-refractivity contribution < 1.29 is 4.74 Å². The molecule has 2 heterocycles. The van der Waals surface area contributed by atoms with E-state index in [1.54, 1.807) is 0 Å². The molecule has 0 radical (unpaired) electrons. The van der Waals surface area contributed by atoms with Crippen LogP contribution in [0.4, 0.5) is 0 Å². The molecule has 0 bridgehead atoms. The zero-order valence-electron chi connectivity index (χ0n) is 11.0. The molecule has 0 aromatic rings. The van der Waals surface area contributed by atoms with Crippen molar-refractivity contribution in [2.75, 3.05) is 39.8 Å². The highest BCUT2D eigenvalue weighted by Crippen LogP contribution is 2.20. The molecule has 2 rings (SSSR count). The quantitative estimate of drug-likeness (QED) is 0.721. The Morgan fingerprint density at radius 3 is 2.38 bits per heavy atom. The first-order chi connectivity index (χ1) is 7.65. The smallest absolute Gasteiger partial charge is 0.0599 e. The molecule has 0 atom stereocenters. The van der Waals surface area contributed by atoms with Gasteiger partial charge in [0.2, 0.25) is 0 Å². The van der Waals surface area contributed by atoms with Gasteiger partial charge in [-0.25, -0.2) is 0 Å². The molecule has 0 spiro atoms. The summed E-state index contributed by atoms with van der Waals surface area (Å²) < 4.78 is 6.01. The SMILES string of the molecule is CC(C)N1CC(COC2CCN(C)CC2)C1. The molecule has 94 valence electrons. The van der Waals surface area contributed by atoms with Gasteiger partial charge in [0.05, 0.1) is 12.7 Å². The second-order valence-corrected chi connectivity index (χ2v) is 5.75. The van der Waals surface area contributed by atoms with Crippen molar-refractivity contribution in [3.63, 3.8) is 0 Å². The fourth-order valence-corrected chi connectivity index (χ4v) is 2.56. The number of hydrogen-bond donors (Lipinski definition) is 0. The van der Waals surface area contributed by atoms with Crippen LogP contribution < -0.4 is 0 Å². The van der Waals surface area contributed by atoms with E-state index in [1.807, 2.05) is 0 Å². The third-order valence-electron chi connectivity index (χ3n) is 3.95. The topological polar surface area (TPSA) is 15.7 Å². The Kier molecular flexibility index (Phi) is 4.22. The van der Waals surface area contributed by atoms with Crippen LogP contribution in [0.1, 0.15) is 26.7 Å². The first kappa shape index (κ1) is 12.3. The van der Waals surface area contributed by atoms with Crippen LogP contribution >= 0.6 is 0 Å². The first-order valence-electron chi connectivity index (χ1n) is 6.69. The summed E-state index contributed by atoms with van der Waals surface area (Å²) in [6.07, 6.45) is 2.97. The van der Waals surface area contributed by atoms with Crippen LogP contribution in [0.2, 0.25) is 0 Å². The highest BCUT2D eigenvalue weighted by Gasteiger charge is 2.29. The van der Waals surface area contributed by atoms with Gasteiger partial charge in [0.15, 0.2) is 0 Å². The van der Waals surface area contributed by atoms with Gasteiger partial charge in [-0.3, -0.25) is 0 Å². The molecular weight excluding hydrogens is 200 g/mol. The predicted octanol–water partition coefficient (Wildman–Crippen LogP) is 1.44. The lowest BCUT2D eigenvalue weighted by molar-refractivity contribution is -0.0477. The average molecular weight is 226 g/mol. The monoisotopic (exact) mass is 226 g/mol. The molecule has 0 N–H and O–H groups in total. The number of ether oxygens (including phenoxy) is 1. The molecule has 0 saturated carbocycles. The molecule has 3 heteroatoms. The number of rotatable bonds is 4. The van der Waals surface area contributed by atoms with Crippen molar-refractivity contribution in [3.8, 4) is 0 Å². The van der Waals surface area contributed by atoms with Gasteiger partial charge >= 0.3 is 0 Å². The highest BCUT2D eigenvalue weighted by atomic mass is 16.5. The summed E-state index contributed by atoms with van der Waals surface area (Å²) in [5, 5.41) is 0. The van der Waals surface area contributed by atoms with Crippen LogP contribution in [0.5, 0.6) is 0 Å². The van der Waals surface area contributed by atoms with E-state index < -0.39 is 0 Å². The molecule has 3 nitrogen and oxygen atoms in total. The van der Waals surface area contributed by atoms with Crippen molar-refractivity contribution >= 4 is 0 Å². The normalized spacial score (nSPS) is 26.2. The molecule has 0 aromatic heterocycles. The Morgan fingerprint density at radius 2 is 1.81 bits per heavy atom. The Labute approximate surface area is 99.7 Å². The first-order valence-corrected chi connectivity index (χ1v) is 6.69. The largest absolute Gasteiger partial charge is 0.378 e. The molecule has 0 aromatic carbocycles. The molecule has 2 saturated heterocycles. The van der Waals surface area contributed by atoms with E-state index in [-0.39, 0.29) is 0 Å². The molecule has 16 heavy (non-hydrogen) atoms. The summed E-state index contributed by atoms with van der Waals surface area (Å²) in [6, 6.07) is 0.708. The van der Waals surface area contributed by atoms with Gasteiger partial charge in [-0.2, -0.15) is 0 Å². The van der Waals surface area contributed by atoms with E-state index in [9.17, 15) is 0 Å². The molecular formula is C13H26N2O. The minimum absolute atomic E-state index is 0.532. The van der Waals surface area contributed by atoms with E-state index in [1.165, 1.54) is 39.0 Å². The van der Waals surface area contributed by atoms with E-state index in [0.29, 0.717) is 12.1 Å². The standard InChI is InChI=1S/C13H26N2O/c1-11(2)15-8-12(9-15)10-16-13-4-6-14(3)7-5-13/h11-13H,4-10H2,1-3H3. The van der Waals surface area contributed by atoms with Crippen LogP contribution in [0, 0.1) is 5.92 Å². The predicted molar refractivity (Wildman–Crippen MR) is 66.7 cm³/mol. The zero-order chi connectivity index (χ0) is 11.5. The fraction of sp³-hybridized carbons (Fsp3) is 1.00. The number of hydrogen-bond acceptors (Lipinski definition) is 3. The van der Waals surface area contributed by atoms with Gasteiger partial charge in [-0.05, 0) is 33.7 Å². The number of nitrogens with zero attached hydrogens (tertiary/aromatic N) is 2. The Balaban J connectivity index is 1.56. The Hall–Kier alpha value is -0.120. The minimum atomic E-state index is 0.532. The summed E-state index contributed by atoms with van der Waals surface area (Å²) in [5.41, 5.74) is 0. The third kappa shape index (κ3) is 3.19. The van der Waals surface area contributed by atoms with Gasteiger partial charge in [0, 0.05) is 38.1 Å². The summed E-state index contributed by atoms with van der Waals surface area (Å²) in [4.78, 5) is 4.91. The molecule has 0 unspecified atom stereocenters. The van der Waals surface area contributed by atoms with Crippen molar-refractivity contribution in [1.29, 1.82) is 0 Å². The zero-order valence-corrected chi connectivity index (χ0v) is 11.0. The van der Waals surface area contributed by atoms with Gasteiger partial charge in [-0.1, -0.05) is 0 Å². The van der Waals surface area contributed by atoms with E-state index >= 15 is 0 Å². The van der Waals surface area contributed by atoms with Crippen molar-refractivity contribution in [2.45, 2.75) is 38.8 Å². The van der Waals surface area contributed by atoms with E-state index in [2.05, 4.69) is 30.7 Å². The van der Waals surface area contributed by atoms with Gasteiger partial charge < -0.3 is 14.5 Å². The fourth-order valence-electron chi connectivity index (χ4n) is 2.56. The number of piperidine rings is 1. The van der Waals surface area contributed by atoms with Crippen molar-refractivity contribution in [3.05, 3.63) is 0 Å². The van der Waals surface area contributed by atoms with Gasteiger partial charge in [0.25, 0.3) is 0 Å². The maximum Gasteiger partial charge on any atom is 0.0599 e. The summed E-state index contributed by atoms with van der Waals surface area (Å²) >= 11 is 0. The van der Waals surface area contributed by atoms with Crippen LogP contribution in [-0.2, 0) is 4.74 Å². The lowest BCUT2D eigenvalue weighted by atomic mass is 9.99. The van der Waals surface area contributed by atoms with Crippen molar-refractivity contribution in [2.24, 2.45) is 5.92 Å². The second-order valence-electron chi connectivity index (χ2n) is 5.75. The summed E-state index contributed by atoms with van der Waals surface area (Å²) in [7, 11) is 2.20. The van der Waals surface area contributed by atoms with E-state index in [0.717, 1.165) is 12.5 Å². The summed E-state index contributed by atoms with van der Waals surface area (Å²) in [5.74, 6) is 0.794. The van der Waals surface area contributed by atoms with E-state index in [4.69, 9.17) is 4.74 Å². The molecule has 2 aliphatic rings. The van der Waals surface area contributed by atoms with Crippen LogP contribution in [0.3, 0.4) is 0 Å². The Morgan fingerprint density at radius 1 is 1.19 bits per heavy atom. The van der Waals surface area contributed by atoms with Gasteiger partial charge in [-0.15, -0.1) is 0 Å². The van der Waals surface area contributed by atoms with Crippen LogP contribution in [-0.4, -0.2) is 61.8 Å². The minimum Gasteiger partial charge on any atom is -0.378 e. The Bertz CT molecular complexity index is 206. The molecule has 0 amide bonds. The third-order valence-corrected chi connectivity index (χ3v) is 3.95. The van der Waals surface area contributed by atoms with Crippen LogP contribution in [0.15, 0.2) is 0 Å². The van der Waals surface area contributed by atoms with Crippen molar-refractivity contribution in [1.82, 2.24) is 9.80 Å². The highest BCUT2D eigenvalue weighted by molar-refractivity contribution is 4.82. The maximum atomic E-state index is 6.01. The lowest BCUT2D eigenvalue weighted by Gasteiger charge is -2.42. The van der Waals surface area contributed by atoms with Gasteiger partial charge in [0.1, 0.15) is 0 Å². The molecule has 2 aliphatic heterocycles. The number of likely N-dealkylation sites (tertiary alicyclic amines) is 2.